The van der Waals surface area contributed by atoms with Gasteiger partial charge in [-0.25, -0.2) is 4.68 Å². The summed E-state index contributed by atoms with van der Waals surface area (Å²) < 4.78 is 43.4. The highest BCUT2D eigenvalue weighted by atomic mass is 32.2. The number of thioether (sulfide) groups is 1. The fourth-order valence-electron chi connectivity index (χ4n) is 2.14. The van der Waals surface area contributed by atoms with Crippen molar-refractivity contribution in [2.45, 2.75) is 36.9 Å². The molecule has 0 spiro atoms. The highest BCUT2D eigenvalue weighted by Crippen LogP contribution is 2.30. The zero-order valence-corrected chi connectivity index (χ0v) is 14.7. The monoisotopic (exact) mass is 384 g/mol. The van der Waals surface area contributed by atoms with Gasteiger partial charge in [-0.1, -0.05) is 55.0 Å². The Morgan fingerprint density at radius 3 is 2.46 bits per heavy atom. The molecule has 0 saturated heterocycles. The molecule has 7 nitrogen and oxygen atoms in total. The van der Waals surface area contributed by atoms with Gasteiger partial charge in [-0.2, -0.15) is 18.2 Å². The summed E-state index contributed by atoms with van der Waals surface area (Å²) in [5.74, 6) is 5.28. The number of alkyl halides is 3. The van der Waals surface area contributed by atoms with Gasteiger partial charge in [0.05, 0.1) is 5.75 Å². The van der Waals surface area contributed by atoms with Gasteiger partial charge in [0.2, 0.25) is 16.9 Å². The molecule has 3 aromatic rings. The third kappa shape index (κ3) is 3.82. The molecule has 0 bridgehead atoms. The molecule has 26 heavy (non-hydrogen) atoms. The summed E-state index contributed by atoms with van der Waals surface area (Å²) in [4.78, 5) is 4.24. The average Bonchev–Trinajstić information content (AvgIpc) is 3.19. The van der Waals surface area contributed by atoms with Crippen LogP contribution in [0.4, 0.5) is 13.2 Å². The van der Waals surface area contributed by atoms with Crippen LogP contribution >= 0.6 is 11.8 Å². The van der Waals surface area contributed by atoms with E-state index in [-0.39, 0.29) is 16.8 Å². The number of rotatable bonds is 5. The first-order valence-electron chi connectivity index (χ1n) is 7.59. The second-order valence-electron chi connectivity index (χ2n) is 5.75. The number of nitrogens with zero attached hydrogens (tertiary/aromatic N) is 5. The van der Waals surface area contributed by atoms with E-state index in [0.29, 0.717) is 16.4 Å². The largest absolute Gasteiger partial charge is 0.453 e. The van der Waals surface area contributed by atoms with Gasteiger partial charge in [-0.3, -0.25) is 0 Å². The summed E-state index contributed by atoms with van der Waals surface area (Å²) in [6, 6.07) is 7.76. The van der Waals surface area contributed by atoms with Crippen LogP contribution in [0.5, 0.6) is 0 Å². The van der Waals surface area contributed by atoms with Crippen molar-refractivity contribution in [3.05, 3.63) is 41.5 Å². The minimum Gasteiger partial charge on any atom is -0.338 e. The molecule has 0 aliphatic rings. The second-order valence-corrected chi connectivity index (χ2v) is 6.69. The third-order valence-corrected chi connectivity index (χ3v) is 4.47. The lowest BCUT2D eigenvalue weighted by molar-refractivity contribution is -0.146. The maximum Gasteiger partial charge on any atom is 0.453 e. The molecule has 2 heterocycles. The van der Waals surface area contributed by atoms with E-state index >= 15 is 0 Å². The molecule has 11 heteroatoms. The number of benzene rings is 1. The number of hydrogen-bond donors (Lipinski definition) is 1. The Labute approximate surface area is 150 Å². The zero-order valence-electron chi connectivity index (χ0n) is 13.9. The lowest BCUT2D eigenvalue weighted by Gasteiger charge is -2.05. The predicted octanol–water partition coefficient (Wildman–Crippen LogP) is 3.48. The van der Waals surface area contributed by atoms with Crippen LogP contribution in [-0.4, -0.2) is 25.0 Å². The van der Waals surface area contributed by atoms with Crippen molar-refractivity contribution < 1.29 is 17.7 Å². The van der Waals surface area contributed by atoms with Crippen molar-refractivity contribution in [2.75, 3.05) is 5.84 Å². The van der Waals surface area contributed by atoms with Gasteiger partial charge in [0, 0.05) is 5.56 Å². The summed E-state index contributed by atoms with van der Waals surface area (Å²) in [5, 5.41) is 10.3. The van der Waals surface area contributed by atoms with Crippen LogP contribution in [0.1, 0.15) is 37.0 Å². The van der Waals surface area contributed by atoms with Crippen LogP contribution in [0.15, 0.2) is 33.9 Å². The molecule has 3 rings (SSSR count). The number of nitrogen functional groups attached to an aromatic ring is 1. The quantitative estimate of drug-likeness (QED) is 0.531. The summed E-state index contributed by atoms with van der Waals surface area (Å²) in [7, 11) is 0. The summed E-state index contributed by atoms with van der Waals surface area (Å²) >= 11 is 0.920. The molecular formula is C15H15F3N6OS. The van der Waals surface area contributed by atoms with Crippen LogP contribution in [0.3, 0.4) is 0 Å². The molecule has 0 aliphatic heterocycles. The van der Waals surface area contributed by atoms with Gasteiger partial charge in [0.25, 0.3) is 5.82 Å². The topological polar surface area (TPSA) is 95.7 Å². The normalized spacial score (nSPS) is 12.1. The smallest absolute Gasteiger partial charge is 0.338 e. The van der Waals surface area contributed by atoms with Crippen molar-refractivity contribution in [3.8, 4) is 11.4 Å². The Kier molecular flexibility index (Phi) is 4.90. The number of hydrogen-bond acceptors (Lipinski definition) is 7. The van der Waals surface area contributed by atoms with E-state index in [4.69, 9.17) is 10.4 Å². The molecule has 0 amide bonds. The molecular weight excluding hydrogens is 369 g/mol. The lowest BCUT2D eigenvalue weighted by atomic mass is 10.0. The minimum absolute atomic E-state index is 0.0987. The Balaban J connectivity index is 1.68. The van der Waals surface area contributed by atoms with Crippen LogP contribution < -0.4 is 5.84 Å². The van der Waals surface area contributed by atoms with Gasteiger partial charge in [0.1, 0.15) is 0 Å². The number of nitrogens with two attached hydrogens (primary N) is 1. The zero-order chi connectivity index (χ0) is 18.9. The summed E-state index contributed by atoms with van der Waals surface area (Å²) in [6.07, 6.45) is -4.67. The Hall–Kier alpha value is -2.56. The predicted molar refractivity (Wildman–Crippen MR) is 88.6 cm³/mol. The van der Waals surface area contributed by atoms with Crippen molar-refractivity contribution in [2.24, 2.45) is 0 Å². The molecule has 0 fully saturated rings. The van der Waals surface area contributed by atoms with Gasteiger partial charge >= 0.3 is 6.18 Å². The van der Waals surface area contributed by atoms with Crippen LogP contribution in [0.25, 0.3) is 11.4 Å². The third-order valence-electron chi connectivity index (χ3n) is 3.55. The Bertz CT molecular complexity index is 888. The molecule has 0 radical (unpaired) electrons. The second kappa shape index (κ2) is 6.98. The first kappa shape index (κ1) is 18.2. The molecule has 138 valence electrons. The van der Waals surface area contributed by atoms with Crippen molar-refractivity contribution >= 4 is 11.8 Å². The van der Waals surface area contributed by atoms with Gasteiger partial charge in [0.15, 0.2) is 0 Å². The van der Waals surface area contributed by atoms with Crippen LogP contribution in [0, 0.1) is 0 Å². The molecule has 1 aromatic carbocycles. The number of aromatic nitrogens is 5. The van der Waals surface area contributed by atoms with Crippen LogP contribution in [-0.2, 0) is 11.9 Å². The molecule has 0 atom stereocenters. The lowest BCUT2D eigenvalue weighted by Crippen LogP contribution is -2.21. The van der Waals surface area contributed by atoms with Crippen LogP contribution in [0.2, 0.25) is 0 Å². The SMILES string of the molecule is CC(C)c1ccc(-c2noc(CSc3nnc(C(F)(F)F)n3N)n2)cc1. The van der Waals surface area contributed by atoms with Crippen molar-refractivity contribution in [1.29, 1.82) is 0 Å². The standard InChI is InChI=1S/C15H15F3N6OS/c1-8(2)9-3-5-10(6-4-9)12-20-11(25-23-12)7-26-14-22-21-13(24(14)19)15(16,17)18/h3-6,8H,7,19H2,1-2H3. The fourth-order valence-corrected chi connectivity index (χ4v) is 2.84. The Morgan fingerprint density at radius 1 is 1.19 bits per heavy atom. The minimum atomic E-state index is -4.67. The molecule has 0 unspecified atom stereocenters. The van der Waals surface area contributed by atoms with E-state index in [2.05, 4.69) is 34.2 Å². The van der Waals surface area contributed by atoms with E-state index in [9.17, 15) is 13.2 Å². The highest BCUT2D eigenvalue weighted by Gasteiger charge is 2.38. The fraction of sp³-hybridized carbons (Fsp3) is 0.333. The average molecular weight is 384 g/mol. The van der Waals surface area contributed by atoms with E-state index in [1.807, 2.05) is 24.3 Å². The van der Waals surface area contributed by atoms with E-state index in [1.54, 1.807) is 0 Å². The number of halogens is 3. The molecule has 0 saturated carbocycles. The van der Waals surface area contributed by atoms with Gasteiger partial charge in [-0.05, 0) is 11.5 Å². The maximum atomic E-state index is 12.6. The first-order chi connectivity index (χ1) is 12.3. The summed E-state index contributed by atoms with van der Waals surface area (Å²) in [6.45, 7) is 4.19. The van der Waals surface area contributed by atoms with E-state index in [0.717, 1.165) is 17.3 Å². The Morgan fingerprint density at radius 2 is 1.88 bits per heavy atom. The van der Waals surface area contributed by atoms with Crippen molar-refractivity contribution in [1.82, 2.24) is 25.0 Å². The maximum absolute atomic E-state index is 12.6. The van der Waals surface area contributed by atoms with E-state index < -0.39 is 12.0 Å². The molecule has 0 aliphatic carbocycles. The van der Waals surface area contributed by atoms with Gasteiger partial charge in [-0.15, -0.1) is 10.2 Å². The molecule has 2 N–H and O–H groups in total. The van der Waals surface area contributed by atoms with E-state index in [1.165, 1.54) is 5.56 Å². The highest BCUT2D eigenvalue weighted by molar-refractivity contribution is 7.98. The first-order valence-corrected chi connectivity index (χ1v) is 8.57. The summed E-state index contributed by atoms with van der Waals surface area (Å²) in [5.41, 5.74) is 1.98. The van der Waals surface area contributed by atoms with Crippen molar-refractivity contribution in [3.63, 3.8) is 0 Å². The molecule has 2 aromatic heterocycles. The van der Waals surface area contributed by atoms with Gasteiger partial charge < -0.3 is 10.4 Å².